The number of H-pyrrole nitrogens is 1. The smallest absolute Gasteiger partial charge is 0.246 e. The fraction of sp³-hybridized carbons (Fsp3) is 0.667. The molecule has 2 aliphatic rings. The summed E-state index contributed by atoms with van der Waals surface area (Å²) in [7, 11) is 0. The van der Waals surface area contributed by atoms with Crippen molar-refractivity contribution in [3.63, 3.8) is 0 Å². The van der Waals surface area contributed by atoms with Gasteiger partial charge in [0.1, 0.15) is 6.04 Å². The van der Waals surface area contributed by atoms with Gasteiger partial charge < -0.3 is 19.9 Å². The Labute approximate surface area is 130 Å². The maximum absolute atomic E-state index is 12.5. The van der Waals surface area contributed by atoms with E-state index in [1.807, 2.05) is 4.90 Å². The number of aromatic nitrogens is 2. The number of fused-ring (bicyclic) bond motifs is 1. The van der Waals surface area contributed by atoms with Gasteiger partial charge in [0, 0.05) is 38.4 Å². The highest BCUT2D eigenvalue weighted by Crippen LogP contribution is 2.21. The highest BCUT2D eigenvalue weighted by molar-refractivity contribution is 5.85. The minimum Gasteiger partial charge on any atom is -0.380 e. The second kappa shape index (κ2) is 7.83. The summed E-state index contributed by atoms with van der Waals surface area (Å²) in [6.07, 6.45) is 3.48. The minimum atomic E-state index is -0.293. The van der Waals surface area contributed by atoms with E-state index in [1.54, 1.807) is 6.33 Å². The molecule has 1 fully saturated rings. The molecule has 0 radical (unpaired) electrons. The highest BCUT2D eigenvalue weighted by Gasteiger charge is 2.31. The molecule has 1 amide bonds. The van der Waals surface area contributed by atoms with Crippen LogP contribution in [0.25, 0.3) is 0 Å². The van der Waals surface area contributed by atoms with Crippen LogP contribution in [0.5, 0.6) is 0 Å². The van der Waals surface area contributed by atoms with Crippen LogP contribution in [0.1, 0.15) is 23.9 Å². The average molecular weight is 323 g/mol. The van der Waals surface area contributed by atoms with E-state index in [-0.39, 0.29) is 36.8 Å². The molecule has 1 saturated heterocycles. The summed E-state index contributed by atoms with van der Waals surface area (Å²) >= 11 is 0. The van der Waals surface area contributed by atoms with Crippen molar-refractivity contribution in [3.8, 4) is 0 Å². The Morgan fingerprint density at radius 2 is 2.20 bits per heavy atom. The van der Waals surface area contributed by atoms with E-state index in [2.05, 4.69) is 15.3 Å². The maximum Gasteiger partial charge on any atom is 0.246 e. The number of nitrogens with zero attached hydrogens (tertiary/aromatic N) is 2. The summed E-state index contributed by atoms with van der Waals surface area (Å²) in [5.74, 6) is 0.119. The van der Waals surface area contributed by atoms with Crippen molar-refractivity contribution in [1.82, 2.24) is 20.2 Å². The first kappa shape index (κ1) is 17.2. The van der Waals surface area contributed by atoms with Crippen molar-refractivity contribution < 1.29 is 9.53 Å². The summed E-state index contributed by atoms with van der Waals surface area (Å²) in [4.78, 5) is 21.8. The molecule has 3 rings (SSSR count). The number of imidazole rings is 1. The Hall–Kier alpha value is -0.820. The zero-order chi connectivity index (χ0) is 12.4. The normalized spacial score (nSPS) is 22.0. The fourth-order valence-electron chi connectivity index (χ4n) is 2.57. The molecule has 0 bridgehead atoms. The van der Waals surface area contributed by atoms with Crippen LogP contribution in [-0.4, -0.2) is 53.6 Å². The first-order valence-corrected chi connectivity index (χ1v) is 6.48. The Balaban J connectivity index is 0.000001000. The van der Waals surface area contributed by atoms with Gasteiger partial charge in [0.2, 0.25) is 5.91 Å². The number of hydrogen-bond donors (Lipinski definition) is 2. The van der Waals surface area contributed by atoms with Crippen molar-refractivity contribution in [2.75, 3.05) is 32.8 Å². The molecule has 0 saturated carbocycles. The SMILES string of the molecule is Cl.Cl.O=C(C1NCCc2[nH]cnc21)N1CCCOCC1. The average Bonchev–Trinajstić information content (AvgIpc) is 2.71. The highest BCUT2D eigenvalue weighted by atomic mass is 35.5. The van der Waals surface area contributed by atoms with Crippen LogP contribution < -0.4 is 5.32 Å². The van der Waals surface area contributed by atoms with Crippen LogP contribution in [0, 0.1) is 0 Å². The fourth-order valence-corrected chi connectivity index (χ4v) is 2.57. The molecule has 1 unspecified atom stereocenters. The largest absolute Gasteiger partial charge is 0.380 e. The van der Waals surface area contributed by atoms with Crippen LogP contribution in [0.15, 0.2) is 6.33 Å². The molecule has 2 N–H and O–H groups in total. The van der Waals surface area contributed by atoms with Crippen molar-refractivity contribution in [1.29, 1.82) is 0 Å². The van der Waals surface area contributed by atoms with Gasteiger partial charge in [-0.25, -0.2) is 4.98 Å². The Morgan fingerprint density at radius 1 is 1.35 bits per heavy atom. The van der Waals surface area contributed by atoms with E-state index < -0.39 is 0 Å². The number of carbonyl (C=O) groups excluding carboxylic acids is 1. The molecule has 6 nitrogen and oxygen atoms in total. The number of ether oxygens (including phenoxy) is 1. The predicted octanol–water partition coefficient (Wildman–Crippen LogP) is 0.689. The molecule has 0 aromatic carbocycles. The van der Waals surface area contributed by atoms with Crippen LogP contribution in [0.4, 0.5) is 0 Å². The van der Waals surface area contributed by atoms with Gasteiger partial charge in [-0.05, 0) is 6.42 Å². The zero-order valence-electron chi connectivity index (χ0n) is 11.1. The number of carbonyl (C=O) groups is 1. The summed E-state index contributed by atoms with van der Waals surface area (Å²) in [5.41, 5.74) is 1.94. The number of nitrogens with one attached hydrogen (secondary N) is 2. The number of rotatable bonds is 1. The van der Waals surface area contributed by atoms with Crippen LogP contribution in [-0.2, 0) is 16.0 Å². The molecular formula is C12H20Cl2N4O2. The zero-order valence-corrected chi connectivity index (χ0v) is 12.8. The van der Waals surface area contributed by atoms with Crippen LogP contribution >= 0.6 is 24.8 Å². The first-order chi connectivity index (χ1) is 8.86. The number of aromatic amines is 1. The van der Waals surface area contributed by atoms with E-state index in [0.29, 0.717) is 13.2 Å². The molecule has 1 aromatic rings. The molecule has 0 spiro atoms. The molecule has 114 valence electrons. The maximum atomic E-state index is 12.5. The third kappa shape index (κ3) is 3.44. The van der Waals surface area contributed by atoms with Gasteiger partial charge in [-0.15, -0.1) is 24.8 Å². The van der Waals surface area contributed by atoms with Crippen LogP contribution in [0.2, 0.25) is 0 Å². The Bertz CT molecular complexity index is 433. The monoisotopic (exact) mass is 322 g/mol. The lowest BCUT2D eigenvalue weighted by atomic mass is 10.0. The molecule has 20 heavy (non-hydrogen) atoms. The van der Waals surface area contributed by atoms with Crippen molar-refractivity contribution in [3.05, 3.63) is 17.7 Å². The predicted molar refractivity (Wildman–Crippen MR) is 79.5 cm³/mol. The summed E-state index contributed by atoms with van der Waals surface area (Å²) in [6, 6.07) is -0.293. The second-order valence-corrected chi connectivity index (χ2v) is 4.69. The van der Waals surface area contributed by atoms with E-state index in [1.165, 1.54) is 0 Å². The second-order valence-electron chi connectivity index (χ2n) is 4.69. The molecule has 0 aliphatic carbocycles. The van der Waals surface area contributed by atoms with Gasteiger partial charge in [-0.2, -0.15) is 0 Å². The number of hydrogen-bond acceptors (Lipinski definition) is 4. The molecule has 8 heteroatoms. The molecule has 3 heterocycles. The van der Waals surface area contributed by atoms with Gasteiger partial charge in [-0.3, -0.25) is 4.79 Å². The van der Waals surface area contributed by atoms with E-state index in [0.717, 1.165) is 43.9 Å². The summed E-state index contributed by atoms with van der Waals surface area (Å²) < 4.78 is 5.38. The lowest BCUT2D eigenvalue weighted by Gasteiger charge is -2.28. The van der Waals surface area contributed by atoms with E-state index >= 15 is 0 Å². The van der Waals surface area contributed by atoms with Crippen molar-refractivity contribution in [2.45, 2.75) is 18.9 Å². The third-order valence-electron chi connectivity index (χ3n) is 3.53. The van der Waals surface area contributed by atoms with Crippen LogP contribution in [0.3, 0.4) is 0 Å². The van der Waals surface area contributed by atoms with Crippen molar-refractivity contribution in [2.24, 2.45) is 0 Å². The topological polar surface area (TPSA) is 70.2 Å². The van der Waals surface area contributed by atoms with Gasteiger partial charge in [-0.1, -0.05) is 0 Å². The van der Waals surface area contributed by atoms with E-state index in [9.17, 15) is 4.79 Å². The Morgan fingerprint density at radius 3 is 3.05 bits per heavy atom. The lowest BCUT2D eigenvalue weighted by molar-refractivity contribution is -0.134. The summed E-state index contributed by atoms with van der Waals surface area (Å²) in [5, 5.41) is 3.26. The minimum absolute atomic E-state index is 0. The lowest BCUT2D eigenvalue weighted by Crippen LogP contribution is -2.44. The van der Waals surface area contributed by atoms with Crippen molar-refractivity contribution >= 4 is 30.7 Å². The molecule has 2 aliphatic heterocycles. The molecule has 1 atom stereocenters. The summed E-state index contributed by atoms with van der Waals surface area (Å²) in [6.45, 7) is 3.64. The molecule has 1 aromatic heterocycles. The van der Waals surface area contributed by atoms with Gasteiger partial charge >= 0.3 is 0 Å². The number of halogens is 2. The molecular weight excluding hydrogens is 303 g/mol. The first-order valence-electron chi connectivity index (χ1n) is 6.48. The van der Waals surface area contributed by atoms with E-state index in [4.69, 9.17) is 4.74 Å². The quantitative estimate of drug-likeness (QED) is 0.798. The van der Waals surface area contributed by atoms with Gasteiger partial charge in [0.05, 0.1) is 18.6 Å². The third-order valence-corrected chi connectivity index (χ3v) is 3.53. The van der Waals surface area contributed by atoms with Gasteiger partial charge in [0.25, 0.3) is 0 Å². The standard InChI is InChI=1S/C12H18N4O2.2ClH/c17-12(16-4-1-6-18-7-5-16)11-10-9(2-3-13-11)14-8-15-10;;/h8,11,13H,1-7H2,(H,14,15);2*1H. The van der Waals surface area contributed by atoms with Gasteiger partial charge in [0.15, 0.2) is 0 Å². The number of amides is 1. The Kier molecular flexibility index (Phi) is 6.75.